The molecule has 0 unspecified atom stereocenters. The van der Waals surface area contributed by atoms with Gasteiger partial charge in [0.05, 0.1) is 12.7 Å². The third-order valence-corrected chi connectivity index (χ3v) is 4.94. The molecule has 0 fully saturated rings. The summed E-state index contributed by atoms with van der Waals surface area (Å²) in [5, 5.41) is 0. The highest BCUT2D eigenvalue weighted by Gasteiger charge is 2.15. The lowest BCUT2D eigenvalue weighted by molar-refractivity contribution is 0.0728. The average molecular weight is 451 g/mol. The Labute approximate surface area is 177 Å². The van der Waals surface area contributed by atoms with Gasteiger partial charge in [-0.25, -0.2) is 4.79 Å². The molecule has 3 aromatic rings. The number of benzene rings is 3. The third kappa shape index (κ3) is 5.21. The molecule has 0 atom stereocenters. The van der Waals surface area contributed by atoms with Gasteiger partial charge in [-0.05, 0) is 58.8 Å². The maximum absolute atomic E-state index is 12.4. The van der Waals surface area contributed by atoms with Crippen LogP contribution in [0.15, 0.2) is 77.3 Å². The van der Waals surface area contributed by atoms with Crippen LogP contribution in [0.4, 0.5) is 0 Å². The number of hydrogen-bond acceptors (Lipinski definition) is 4. The van der Waals surface area contributed by atoms with Gasteiger partial charge < -0.3 is 9.47 Å². The predicted octanol–water partition coefficient (Wildman–Crippen LogP) is 5.88. The number of allylic oxidation sites excluding steroid dienone is 1. The largest absolute Gasteiger partial charge is 0.493 e. The van der Waals surface area contributed by atoms with Crippen molar-refractivity contribution >= 4 is 33.8 Å². The van der Waals surface area contributed by atoms with Crippen molar-refractivity contribution in [2.45, 2.75) is 6.92 Å². The van der Waals surface area contributed by atoms with Crippen LogP contribution in [-0.4, -0.2) is 18.9 Å². The van der Waals surface area contributed by atoms with Gasteiger partial charge in [0.15, 0.2) is 17.3 Å². The van der Waals surface area contributed by atoms with E-state index in [2.05, 4.69) is 15.9 Å². The number of ether oxygens (including phenoxy) is 2. The van der Waals surface area contributed by atoms with Crippen LogP contribution in [0.3, 0.4) is 0 Å². The van der Waals surface area contributed by atoms with Crippen molar-refractivity contribution in [1.29, 1.82) is 0 Å². The van der Waals surface area contributed by atoms with Crippen LogP contribution < -0.4 is 9.47 Å². The standard InChI is InChI=1S/C24H19BrO4/c1-16-7-11-18(12-8-16)21(26)13-9-17-10-14-22(23(15-17)28-2)29-24(27)19-5-3-4-6-20(19)25/h3-15H,1-2H3. The fourth-order valence-corrected chi connectivity index (χ4v) is 3.09. The maximum atomic E-state index is 12.4. The van der Waals surface area contributed by atoms with Gasteiger partial charge in [0.25, 0.3) is 0 Å². The maximum Gasteiger partial charge on any atom is 0.344 e. The van der Waals surface area contributed by atoms with Crippen molar-refractivity contribution in [2.24, 2.45) is 0 Å². The highest BCUT2D eigenvalue weighted by Crippen LogP contribution is 2.30. The minimum absolute atomic E-state index is 0.0894. The number of carbonyl (C=O) groups is 2. The molecule has 29 heavy (non-hydrogen) atoms. The van der Waals surface area contributed by atoms with Gasteiger partial charge in [-0.3, -0.25) is 4.79 Å². The Bertz CT molecular complexity index is 1070. The average Bonchev–Trinajstić information content (AvgIpc) is 2.73. The zero-order chi connectivity index (χ0) is 20.8. The first-order valence-electron chi connectivity index (χ1n) is 8.92. The molecule has 0 N–H and O–H groups in total. The molecule has 146 valence electrons. The molecule has 0 aliphatic heterocycles. The van der Waals surface area contributed by atoms with Crippen LogP contribution in [0.2, 0.25) is 0 Å². The van der Waals surface area contributed by atoms with E-state index in [0.29, 0.717) is 27.1 Å². The molecule has 0 spiro atoms. The minimum atomic E-state index is -0.492. The number of rotatable bonds is 6. The topological polar surface area (TPSA) is 52.6 Å². The van der Waals surface area contributed by atoms with E-state index in [-0.39, 0.29) is 5.78 Å². The summed E-state index contributed by atoms with van der Waals surface area (Å²) in [5.74, 6) is 0.118. The molecule has 3 aromatic carbocycles. The van der Waals surface area contributed by atoms with Crippen molar-refractivity contribution in [1.82, 2.24) is 0 Å². The van der Waals surface area contributed by atoms with Gasteiger partial charge in [0, 0.05) is 10.0 Å². The lowest BCUT2D eigenvalue weighted by Crippen LogP contribution is -2.10. The first-order chi connectivity index (χ1) is 14.0. The number of aryl methyl sites for hydroxylation is 1. The summed E-state index contributed by atoms with van der Waals surface area (Å²) >= 11 is 3.34. The first-order valence-corrected chi connectivity index (χ1v) is 9.71. The molecule has 0 aliphatic rings. The molecule has 0 heterocycles. The van der Waals surface area contributed by atoms with E-state index in [1.165, 1.54) is 13.2 Å². The predicted molar refractivity (Wildman–Crippen MR) is 117 cm³/mol. The van der Waals surface area contributed by atoms with Crippen molar-refractivity contribution in [3.05, 3.63) is 99.5 Å². The molecule has 3 rings (SSSR count). The van der Waals surface area contributed by atoms with Gasteiger partial charge in [-0.2, -0.15) is 0 Å². The lowest BCUT2D eigenvalue weighted by atomic mass is 10.1. The summed E-state index contributed by atoms with van der Waals surface area (Å²) in [6.45, 7) is 1.97. The molecule has 0 bridgehead atoms. The van der Waals surface area contributed by atoms with Crippen LogP contribution in [0.5, 0.6) is 11.5 Å². The number of ketones is 1. The van der Waals surface area contributed by atoms with E-state index in [0.717, 1.165) is 11.1 Å². The van der Waals surface area contributed by atoms with Gasteiger partial charge in [-0.1, -0.05) is 54.1 Å². The Morgan fingerprint density at radius 2 is 1.66 bits per heavy atom. The Hall–Kier alpha value is -3.18. The van der Waals surface area contributed by atoms with Crippen LogP contribution >= 0.6 is 15.9 Å². The van der Waals surface area contributed by atoms with E-state index >= 15 is 0 Å². The van der Waals surface area contributed by atoms with Crippen molar-refractivity contribution in [3.63, 3.8) is 0 Å². The third-order valence-electron chi connectivity index (χ3n) is 4.25. The molecule has 4 nitrogen and oxygen atoms in total. The second-order valence-corrected chi connectivity index (χ2v) is 7.20. The number of esters is 1. The zero-order valence-corrected chi connectivity index (χ0v) is 17.6. The normalized spacial score (nSPS) is 10.7. The molecule has 0 radical (unpaired) electrons. The molecular formula is C24H19BrO4. The quantitative estimate of drug-likeness (QED) is 0.203. The molecule has 0 aromatic heterocycles. The van der Waals surface area contributed by atoms with Crippen LogP contribution in [0.1, 0.15) is 31.8 Å². The van der Waals surface area contributed by atoms with E-state index in [1.54, 1.807) is 54.6 Å². The van der Waals surface area contributed by atoms with Crippen LogP contribution in [0.25, 0.3) is 6.08 Å². The number of methoxy groups -OCH3 is 1. The van der Waals surface area contributed by atoms with Gasteiger partial charge in [0.2, 0.25) is 0 Å². The zero-order valence-electron chi connectivity index (χ0n) is 16.0. The Kier molecular flexibility index (Phi) is 6.62. The number of halogens is 1. The minimum Gasteiger partial charge on any atom is -0.493 e. The smallest absolute Gasteiger partial charge is 0.344 e. The Morgan fingerprint density at radius 3 is 2.34 bits per heavy atom. The molecule has 0 amide bonds. The van der Waals surface area contributed by atoms with E-state index < -0.39 is 5.97 Å². The molecule has 0 saturated carbocycles. The van der Waals surface area contributed by atoms with Gasteiger partial charge >= 0.3 is 5.97 Å². The van der Waals surface area contributed by atoms with E-state index in [4.69, 9.17) is 9.47 Å². The molecular weight excluding hydrogens is 432 g/mol. The van der Waals surface area contributed by atoms with Gasteiger partial charge in [0.1, 0.15) is 0 Å². The van der Waals surface area contributed by atoms with Crippen LogP contribution in [-0.2, 0) is 0 Å². The Balaban J connectivity index is 1.76. The second kappa shape index (κ2) is 9.34. The fourth-order valence-electron chi connectivity index (χ4n) is 2.64. The number of carbonyl (C=O) groups excluding carboxylic acids is 2. The summed E-state index contributed by atoms with van der Waals surface area (Å²) in [6, 6.07) is 19.5. The van der Waals surface area contributed by atoms with Crippen LogP contribution in [0, 0.1) is 6.92 Å². The SMILES string of the molecule is COc1cc(C=CC(=O)c2ccc(C)cc2)ccc1OC(=O)c1ccccc1Br. The summed E-state index contributed by atoms with van der Waals surface area (Å²) in [7, 11) is 1.50. The van der Waals surface area contributed by atoms with E-state index in [9.17, 15) is 9.59 Å². The van der Waals surface area contributed by atoms with Crippen molar-refractivity contribution in [3.8, 4) is 11.5 Å². The summed E-state index contributed by atoms with van der Waals surface area (Å²) in [4.78, 5) is 24.7. The van der Waals surface area contributed by atoms with Crippen molar-refractivity contribution < 1.29 is 19.1 Å². The second-order valence-electron chi connectivity index (χ2n) is 6.34. The number of hydrogen-bond donors (Lipinski definition) is 0. The van der Waals surface area contributed by atoms with E-state index in [1.807, 2.05) is 25.1 Å². The van der Waals surface area contributed by atoms with Crippen molar-refractivity contribution in [2.75, 3.05) is 7.11 Å². The first kappa shape index (κ1) is 20.6. The summed E-state index contributed by atoms with van der Waals surface area (Å²) in [5.41, 5.74) is 2.89. The lowest BCUT2D eigenvalue weighted by Gasteiger charge is -2.10. The highest BCUT2D eigenvalue weighted by atomic mass is 79.9. The molecule has 0 aliphatic carbocycles. The summed E-state index contributed by atoms with van der Waals surface area (Å²) in [6.07, 6.45) is 3.20. The van der Waals surface area contributed by atoms with Gasteiger partial charge in [-0.15, -0.1) is 0 Å². The summed E-state index contributed by atoms with van der Waals surface area (Å²) < 4.78 is 11.5. The fraction of sp³-hybridized carbons (Fsp3) is 0.0833. The monoisotopic (exact) mass is 450 g/mol. The Morgan fingerprint density at radius 1 is 0.931 bits per heavy atom. The molecule has 0 saturated heterocycles. The molecule has 5 heteroatoms. The highest BCUT2D eigenvalue weighted by molar-refractivity contribution is 9.10.